The molecule has 218 valence electrons. The van der Waals surface area contributed by atoms with Crippen LogP contribution in [-0.4, -0.2) is 72.7 Å². The van der Waals surface area contributed by atoms with Crippen LogP contribution in [0.2, 0.25) is 0 Å². The fraction of sp³-hybridized carbons (Fsp3) is 0.833. The van der Waals surface area contributed by atoms with E-state index in [1.807, 2.05) is 27.7 Å². The summed E-state index contributed by atoms with van der Waals surface area (Å²) in [5.74, 6) is -2.82. The highest BCUT2D eigenvalue weighted by Crippen LogP contribution is 2.41. The van der Waals surface area contributed by atoms with Gasteiger partial charge in [-0.2, -0.15) is 0 Å². The Morgan fingerprint density at radius 3 is 2.16 bits per heavy atom. The molecule has 0 radical (unpaired) electrons. The second-order valence-corrected chi connectivity index (χ2v) is 13.1. The monoisotopic (exact) mass is 536 g/mol. The Hall–Kier alpha value is -1.61. The zero-order valence-corrected chi connectivity index (χ0v) is 25.7. The third-order valence-electron chi connectivity index (χ3n) is 8.74. The molecule has 1 fully saturated rings. The summed E-state index contributed by atoms with van der Waals surface area (Å²) in [5, 5.41) is 0. The summed E-state index contributed by atoms with van der Waals surface area (Å²) in [7, 11) is 4.11. The van der Waals surface area contributed by atoms with E-state index < -0.39 is 47.3 Å². The second kappa shape index (κ2) is 12.3. The number of allylic oxidation sites excluding steroid dienone is 1. The summed E-state index contributed by atoms with van der Waals surface area (Å²) in [6, 6.07) is 0.255. The van der Waals surface area contributed by atoms with Crippen LogP contribution < -0.4 is 5.73 Å². The Morgan fingerprint density at radius 2 is 1.61 bits per heavy atom. The number of Topliss-reactive ketones (excluding diaryl/α,β-unsaturated/α-hetero) is 2. The van der Waals surface area contributed by atoms with Gasteiger partial charge in [-0.25, -0.2) is 0 Å². The van der Waals surface area contributed by atoms with Crippen molar-refractivity contribution in [2.24, 2.45) is 34.8 Å². The number of ether oxygens (including phenoxy) is 3. The Bertz CT molecular complexity index is 910. The van der Waals surface area contributed by atoms with Crippen molar-refractivity contribution in [3.8, 4) is 0 Å². The molecule has 10 atom stereocenters. The Labute approximate surface area is 230 Å². The molecule has 2 rings (SSSR count). The van der Waals surface area contributed by atoms with Gasteiger partial charge in [-0.3, -0.25) is 14.4 Å². The van der Waals surface area contributed by atoms with E-state index >= 15 is 0 Å². The number of ketones is 2. The van der Waals surface area contributed by atoms with E-state index in [0.29, 0.717) is 12.0 Å². The molecule has 8 heteroatoms. The van der Waals surface area contributed by atoms with E-state index in [1.54, 1.807) is 40.7 Å². The predicted octanol–water partition coefficient (Wildman–Crippen LogP) is 4.14. The molecule has 0 aromatic rings. The molecule has 4 unspecified atom stereocenters. The van der Waals surface area contributed by atoms with Crippen LogP contribution in [0.3, 0.4) is 0 Å². The van der Waals surface area contributed by atoms with Crippen LogP contribution in [0.25, 0.3) is 0 Å². The van der Waals surface area contributed by atoms with Gasteiger partial charge in [-0.1, -0.05) is 40.7 Å². The van der Waals surface area contributed by atoms with Crippen LogP contribution in [0.5, 0.6) is 0 Å². The largest absolute Gasteiger partial charge is 0.460 e. The number of carbonyl (C=O) groups excluding carboxylic acids is 3. The lowest BCUT2D eigenvalue weighted by Crippen LogP contribution is -2.54. The average molecular weight is 537 g/mol. The van der Waals surface area contributed by atoms with Crippen molar-refractivity contribution in [1.82, 2.24) is 4.90 Å². The van der Waals surface area contributed by atoms with Crippen LogP contribution >= 0.6 is 0 Å². The third-order valence-corrected chi connectivity index (χ3v) is 8.74. The highest BCUT2D eigenvalue weighted by molar-refractivity contribution is 6.00. The fourth-order valence-electron chi connectivity index (χ4n) is 6.21. The molecule has 0 spiro atoms. The highest BCUT2D eigenvalue weighted by atomic mass is 16.7. The van der Waals surface area contributed by atoms with Crippen LogP contribution in [0.15, 0.2) is 11.6 Å². The maximum atomic E-state index is 13.7. The average Bonchev–Trinajstić information content (AvgIpc) is 2.80. The lowest BCUT2D eigenvalue weighted by molar-refractivity contribution is -0.268. The number of hydrogen-bond donors (Lipinski definition) is 1. The zero-order chi connectivity index (χ0) is 29.3. The maximum Gasteiger partial charge on any atom is 0.316 e. The van der Waals surface area contributed by atoms with Crippen molar-refractivity contribution in [1.29, 1.82) is 0 Å². The summed E-state index contributed by atoms with van der Waals surface area (Å²) >= 11 is 0. The Morgan fingerprint density at radius 1 is 1.03 bits per heavy atom. The zero-order valence-electron chi connectivity index (χ0n) is 25.7. The Kier molecular flexibility index (Phi) is 10.5. The highest BCUT2D eigenvalue weighted by Gasteiger charge is 2.46. The molecule has 0 amide bonds. The van der Waals surface area contributed by atoms with Crippen molar-refractivity contribution >= 4 is 17.5 Å². The maximum absolute atomic E-state index is 13.7. The van der Waals surface area contributed by atoms with Gasteiger partial charge in [0.05, 0.1) is 17.7 Å². The van der Waals surface area contributed by atoms with E-state index in [9.17, 15) is 14.4 Å². The minimum atomic E-state index is -1.07. The smallest absolute Gasteiger partial charge is 0.316 e. The van der Waals surface area contributed by atoms with Crippen LogP contribution in [-0.2, 0) is 28.6 Å². The first-order valence-corrected chi connectivity index (χ1v) is 14.0. The number of cyclic esters (lactones) is 1. The van der Waals surface area contributed by atoms with Gasteiger partial charge in [0.15, 0.2) is 17.9 Å². The van der Waals surface area contributed by atoms with Gasteiger partial charge in [0, 0.05) is 23.8 Å². The molecule has 0 aromatic heterocycles. The normalized spacial score (nSPS) is 43.3. The van der Waals surface area contributed by atoms with Gasteiger partial charge in [-0.05, 0) is 72.5 Å². The topological polar surface area (TPSA) is 108 Å². The molecular formula is C30H52N2O6. The van der Waals surface area contributed by atoms with E-state index in [4.69, 9.17) is 19.9 Å². The van der Waals surface area contributed by atoms with Gasteiger partial charge in [0.25, 0.3) is 0 Å². The van der Waals surface area contributed by atoms with Crippen molar-refractivity contribution in [3.05, 3.63) is 11.6 Å². The lowest BCUT2D eigenvalue weighted by Gasteiger charge is -2.47. The van der Waals surface area contributed by atoms with E-state index in [0.717, 1.165) is 6.42 Å². The molecule has 2 aliphatic heterocycles. The molecule has 2 heterocycles. The van der Waals surface area contributed by atoms with E-state index in [2.05, 4.69) is 25.9 Å². The molecule has 0 saturated carbocycles. The van der Waals surface area contributed by atoms with Crippen molar-refractivity contribution in [2.45, 2.75) is 118 Å². The van der Waals surface area contributed by atoms with Gasteiger partial charge in [0.2, 0.25) is 0 Å². The molecule has 0 aromatic carbocycles. The molecule has 2 N–H and O–H groups in total. The molecule has 1 saturated heterocycles. The first-order chi connectivity index (χ1) is 17.3. The lowest BCUT2D eigenvalue weighted by atomic mass is 9.71. The molecule has 38 heavy (non-hydrogen) atoms. The molecule has 8 nitrogen and oxygen atoms in total. The molecule has 0 bridgehead atoms. The minimum absolute atomic E-state index is 0.00882. The first kappa shape index (κ1) is 32.6. The van der Waals surface area contributed by atoms with Gasteiger partial charge in [0.1, 0.15) is 12.0 Å². The quantitative estimate of drug-likeness (QED) is 0.423. The number of nitrogens with two attached hydrogens (primary N) is 1. The van der Waals surface area contributed by atoms with Crippen LogP contribution in [0.1, 0.15) is 82.1 Å². The standard InChI is InChI=1S/C30H52N2O6/c1-16-14-29(8,9)26(38-28-19(4)23(32(11)12)13-18(3)36-28)20(5)25(34)21(6)27(35)37-22(7)30(10,31)15-17(2)24(16)33/h15-16,18-23,26,28H,13-14,31H2,1-12H3/b17-15+/t16-,18?,19?,20+,21-,22-,23?,26-,28?,30+/m1/s1. The predicted molar refractivity (Wildman–Crippen MR) is 148 cm³/mol. The minimum Gasteiger partial charge on any atom is -0.460 e. The third kappa shape index (κ3) is 7.32. The van der Waals surface area contributed by atoms with Crippen molar-refractivity contribution < 1.29 is 28.6 Å². The molecule has 0 aliphatic carbocycles. The first-order valence-electron chi connectivity index (χ1n) is 14.0. The number of esters is 1. The second-order valence-electron chi connectivity index (χ2n) is 13.1. The number of nitrogens with zero attached hydrogens (tertiary/aromatic N) is 1. The van der Waals surface area contributed by atoms with Crippen LogP contribution in [0, 0.1) is 29.1 Å². The summed E-state index contributed by atoms with van der Waals surface area (Å²) in [4.78, 5) is 42.3. The van der Waals surface area contributed by atoms with Gasteiger partial charge < -0.3 is 24.8 Å². The molecule has 2 aliphatic rings. The van der Waals surface area contributed by atoms with Crippen LogP contribution in [0.4, 0.5) is 0 Å². The van der Waals surface area contributed by atoms with Gasteiger partial charge in [-0.15, -0.1) is 0 Å². The summed E-state index contributed by atoms with van der Waals surface area (Å²) in [6.07, 6.45) is 1.18. The number of hydrogen-bond acceptors (Lipinski definition) is 8. The van der Waals surface area contributed by atoms with Crippen molar-refractivity contribution in [3.63, 3.8) is 0 Å². The number of carbonyl (C=O) groups is 3. The Balaban J connectivity index is 2.54. The van der Waals surface area contributed by atoms with E-state index in [-0.39, 0.29) is 35.5 Å². The van der Waals surface area contributed by atoms with E-state index in [1.165, 1.54) is 0 Å². The fourth-order valence-corrected chi connectivity index (χ4v) is 6.21. The summed E-state index contributed by atoms with van der Waals surface area (Å²) < 4.78 is 18.7. The SMILES string of the molecule is C/C1=C\[C@](C)(N)[C@@H](C)OC(=O)[C@H](C)C(=O)[C@H](C)[C@@H](OC2OC(C)CC(N(C)C)C2C)C(C)(C)C[C@@H](C)C1=O. The van der Waals surface area contributed by atoms with Crippen molar-refractivity contribution in [2.75, 3.05) is 14.1 Å². The van der Waals surface area contributed by atoms with Gasteiger partial charge >= 0.3 is 5.97 Å². The number of rotatable bonds is 3. The summed E-state index contributed by atoms with van der Waals surface area (Å²) in [6.45, 7) is 18.6. The summed E-state index contributed by atoms with van der Waals surface area (Å²) in [5.41, 5.74) is 5.32. The molecular weight excluding hydrogens is 484 g/mol.